The Labute approximate surface area is 194 Å². The fourth-order valence-electron chi connectivity index (χ4n) is 3.13. The smallest absolute Gasteiger partial charge is 0.193 e. The molecule has 0 amide bonds. The highest BCUT2D eigenvalue weighted by atomic mass is 127. The van der Waals surface area contributed by atoms with E-state index in [1.165, 1.54) is 0 Å². The van der Waals surface area contributed by atoms with E-state index < -0.39 is 0 Å². The number of anilines is 2. The molecule has 1 saturated heterocycles. The Kier molecular flexibility index (Phi) is 9.25. The number of halogens is 2. The summed E-state index contributed by atoms with van der Waals surface area (Å²) < 4.78 is 5.15. The molecular weight excluding hydrogens is 503 g/mol. The summed E-state index contributed by atoms with van der Waals surface area (Å²) >= 11 is 6.14. The predicted octanol–water partition coefficient (Wildman–Crippen LogP) is 3.43. The van der Waals surface area contributed by atoms with Crippen LogP contribution in [0, 0.1) is 0 Å². The molecule has 0 atom stereocenters. The largest absolute Gasteiger partial charge is 0.495 e. The van der Waals surface area contributed by atoms with Gasteiger partial charge in [0, 0.05) is 38.1 Å². The lowest BCUT2D eigenvalue weighted by atomic mass is 10.2. The van der Waals surface area contributed by atoms with Crippen LogP contribution in [0.15, 0.2) is 41.5 Å². The zero-order valence-electron chi connectivity index (χ0n) is 16.8. The van der Waals surface area contributed by atoms with Crippen LogP contribution in [0.2, 0.25) is 5.02 Å². The number of benzene rings is 1. The van der Waals surface area contributed by atoms with Crippen LogP contribution in [-0.4, -0.2) is 55.7 Å². The summed E-state index contributed by atoms with van der Waals surface area (Å²) in [4.78, 5) is 13.7. The minimum Gasteiger partial charge on any atom is -0.495 e. The molecule has 2 heterocycles. The Balaban J connectivity index is 0.00000300. The van der Waals surface area contributed by atoms with Gasteiger partial charge in [-0.1, -0.05) is 18.5 Å². The van der Waals surface area contributed by atoms with E-state index in [0.717, 1.165) is 49.8 Å². The van der Waals surface area contributed by atoms with Crippen LogP contribution in [-0.2, 0) is 6.54 Å². The molecule has 158 valence electrons. The van der Waals surface area contributed by atoms with E-state index in [0.29, 0.717) is 23.3 Å². The van der Waals surface area contributed by atoms with Crippen molar-refractivity contribution in [1.82, 2.24) is 9.88 Å². The standard InChI is InChI=1S/C20H27ClN6O.HI/c1-3-26-8-10-27(11-9-26)19-12-15(6-7-23-19)14-24-20(22)25-16-4-5-18(28-2)17(21)13-16;/h4-7,12-13H,3,8-11,14H2,1-2H3,(H3,22,24,25);1H. The first-order valence-electron chi connectivity index (χ1n) is 9.41. The molecule has 1 aliphatic heterocycles. The second kappa shape index (κ2) is 11.4. The number of rotatable bonds is 6. The summed E-state index contributed by atoms with van der Waals surface area (Å²) in [5, 5.41) is 3.57. The fraction of sp³-hybridized carbons (Fsp3) is 0.400. The Hall–Kier alpha value is -1.78. The van der Waals surface area contributed by atoms with Gasteiger partial charge in [-0.15, -0.1) is 24.0 Å². The van der Waals surface area contributed by atoms with E-state index in [-0.39, 0.29) is 24.0 Å². The average molecular weight is 531 g/mol. The van der Waals surface area contributed by atoms with Gasteiger partial charge in [0.25, 0.3) is 0 Å². The summed E-state index contributed by atoms with van der Waals surface area (Å²) in [5.41, 5.74) is 7.85. The van der Waals surface area contributed by atoms with Crippen molar-refractivity contribution in [2.75, 3.05) is 50.1 Å². The highest BCUT2D eigenvalue weighted by Gasteiger charge is 2.16. The van der Waals surface area contributed by atoms with Gasteiger partial charge < -0.3 is 25.6 Å². The number of nitrogens with one attached hydrogen (secondary N) is 1. The fourth-order valence-corrected chi connectivity index (χ4v) is 3.39. The van der Waals surface area contributed by atoms with Crippen LogP contribution < -0.4 is 20.7 Å². The SMILES string of the molecule is CCN1CCN(c2cc(CN=C(N)Nc3ccc(OC)c(Cl)c3)ccn2)CC1.I. The predicted molar refractivity (Wildman–Crippen MR) is 131 cm³/mol. The van der Waals surface area contributed by atoms with Crippen molar-refractivity contribution in [1.29, 1.82) is 0 Å². The number of guanidine groups is 1. The van der Waals surface area contributed by atoms with Gasteiger partial charge in [0.05, 0.1) is 18.7 Å². The quantitative estimate of drug-likeness (QED) is 0.339. The summed E-state index contributed by atoms with van der Waals surface area (Å²) in [6.07, 6.45) is 1.83. The van der Waals surface area contributed by atoms with Gasteiger partial charge in [0.15, 0.2) is 5.96 Å². The lowest BCUT2D eigenvalue weighted by Crippen LogP contribution is -2.46. The number of pyridine rings is 1. The number of hydrogen-bond acceptors (Lipinski definition) is 5. The lowest BCUT2D eigenvalue weighted by Gasteiger charge is -2.34. The Bertz CT molecular complexity index is 826. The molecule has 1 aromatic carbocycles. The maximum absolute atomic E-state index is 6.14. The number of methoxy groups -OCH3 is 1. The van der Waals surface area contributed by atoms with Gasteiger partial charge in [0.1, 0.15) is 11.6 Å². The first kappa shape index (κ1) is 23.5. The number of ether oxygens (including phenoxy) is 1. The van der Waals surface area contributed by atoms with Gasteiger partial charge in [0.2, 0.25) is 0 Å². The van der Waals surface area contributed by atoms with Crippen molar-refractivity contribution < 1.29 is 4.74 Å². The third-order valence-electron chi connectivity index (χ3n) is 4.81. The van der Waals surface area contributed by atoms with Gasteiger partial charge in [-0.05, 0) is 42.4 Å². The minimum atomic E-state index is 0. The van der Waals surface area contributed by atoms with Crippen LogP contribution in [0.1, 0.15) is 12.5 Å². The zero-order chi connectivity index (χ0) is 19.9. The van der Waals surface area contributed by atoms with Crippen LogP contribution in [0.4, 0.5) is 11.5 Å². The van der Waals surface area contributed by atoms with Crippen molar-refractivity contribution >= 4 is 53.0 Å². The summed E-state index contributed by atoms with van der Waals surface area (Å²) in [5.74, 6) is 1.94. The Morgan fingerprint density at radius 2 is 2.00 bits per heavy atom. The highest BCUT2D eigenvalue weighted by molar-refractivity contribution is 14.0. The molecule has 9 heteroatoms. The zero-order valence-corrected chi connectivity index (χ0v) is 19.9. The molecular formula is C20H28ClIN6O. The van der Waals surface area contributed by atoms with Gasteiger partial charge in [-0.2, -0.15) is 0 Å². The summed E-state index contributed by atoms with van der Waals surface area (Å²) in [7, 11) is 1.58. The molecule has 3 N–H and O–H groups in total. The van der Waals surface area contributed by atoms with Crippen LogP contribution in [0.25, 0.3) is 0 Å². The first-order chi connectivity index (χ1) is 13.6. The first-order valence-corrected chi connectivity index (χ1v) is 9.79. The minimum absolute atomic E-state index is 0. The van der Waals surface area contributed by atoms with Gasteiger partial charge in [-0.25, -0.2) is 9.98 Å². The Morgan fingerprint density at radius 1 is 1.24 bits per heavy atom. The number of aliphatic imine (C=N–C) groups is 1. The van der Waals surface area contributed by atoms with Crippen molar-refractivity contribution in [3.8, 4) is 5.75 Å². The van der Waals surface area contributed by atoms with Gasteiger partial charge in [-0.3, -0.25) is 0 Å². The van der Waals surface area contributed by atoms with Crippen LogP contribution in [0.3, 0.4) is 0 Å². The number of hydrogen-bond donors (Lipinski definition) is 2. The third-order valence-corrected chi connectivity index (χ3v) is 5.10. The molecule has 3 rings (SSSR count). The number of piperazine rings is 1. The highest BCUT2D eigenvalue weighted by Crippen LogP contribution is 2.27. The van der Waals surface area contributed by atoms with Crippen LogP contribution >= 0.6 is 35.6 Å². The van der Waals surface area contributed by atoms with Gasteiger partial charge >= 0.3 is 0 Å². The summed E-state index contributed by atoms with van der Waals surface area (Å²) in [6, 6.07) is 9.43. The number of nitrogens with zero attached hydrogens (tertiary/aromatic N) is 4. The normalized spacial score (nSPS) is 15.0. The molecule has 0 spiro atoms. The molecule has 0 saturated carbocycles. The van der Waals surface area contributed by atoms with E-state index in [1.54, 1.807) is 19.2 Å². The second-order valence-corrected chi connectivity index (χ2v) is 7.03. The van der Waals surface area contributed by atoms with E-state index in [1.807, 2.05) is 18.3 Å². The molecule has 1 fully saturated rings. The van der Waals surface area contributed by atoms with Crippen molar-refractivity contribution in [2.24, 2.45) is 10.7 Å². The third kappa shape index (κ3) is 6.61. The molecule has 1 aliphatic rings. The monoisotopic (exact) mass is 530 g/mol. The number of aromatic nitrogens is 1. The van der Waals surface area contributed by atoms with E-state index in [9.17, 15) is 0 Å². The van der Waals surface area contributed by atoms with E-state index in [2.05, 4.69) is 38.1 Å². The topological polar surface area (TPSA) is 79.0 Å². The maximum atomic E-state index is 6.14. The molecule has 29 heavy (non-hydrogen) atoms. The maximum Gasteiger partial charge on any atom is 0.193 e. The number of likely N-dealkylation sites (N-methyl/N-ethyl adjacent to an activating group) is 1. The molecule has 1 aromatic heterocycles. The molecule has 0 aliphatic carbocycles. The molecule has 0 unspecified atom stereocenters. The van der Waals surface area contributed by atoms with E-state index >= 15 is 0 Å². The Morgan fingerprint density at radius 3 is 2.66 bits per heavy atom. The molecule has 0 bridgehead atoms. The van der Waals surface area contributed by atoms with Crippen molar-refractivity contribution in [2.45, 2.75) is 13.5 Å². The molecule has 0 radical (unpaired) electrons. The van der Waals surface area contributed by atoms with Crippen LogP contribution in [0.5, 0.6) is 5.75 Å². The second-order valence-electron chi connectivity index (χ2n) is 6.62. The molecule has 2 aromatic rings. The van der Waals surface area contributed by atoms with Crippen molar-refractivity contribution in [3.05, 3.63) is 47.1 Å². The average Bonchev–Trinajstić information content (AvgIpc) is 2.73. The number of nitrogens with two attached hydrogens (primary N) is 1. The molecule has 7 nitrogen and oxygen atoms in total. The summed E-state index contributed by atoms with van der Waals surface area (Å²) in [6.45, 7) is 7.91. The van der Waals surface area contributed by atoms with E-state index in [4.69, 9.17) is 22.1 Å². The lowest BCUT2D eigenvalue weighted by molar-refractivity contribution is 0.270. The van der Waals surface area contributed by atoms with Crippen molar-refractivity contribution in [3.63, 3.8) is 0 Å².